The van der Waals surface area contributed by atoms with E-state index >= 15 is 0 Å². The monoisotopic (exact) mass is 367 g/mol. The summed E-state index contributed by atoms with van der Waals surface area (Å²) in [7, 11) is 0. The SMILES string of the molecule is CC(=O)NCCc1ccc(CN2CCN(c3nc(C)cc(C)n3)CC2)cc1. The Morgan fingerprint density at radius 3 is 2.19 bits per heavy atom. The summed E-state index contributed by atoms with van der Waals surface area (Å²) in [5, 5.41) is 2.84. The van der Waals surface area contributed by atoms with Gasteiger partial charge >= 0.3 is 0 Å². The Hall–Kier alpha value is -2.47. The number of benzene rings is 1. The van der Waals surface area contributed by atoms with Gasteiger partial charge in [0.25, 0.3) is 0 Å². The summed E-state index contributed by atoms with van der Waals surface area (Å²) < 4.78 is 0. The van der Waals surface area contributed by atoms with E-state index in [1.54, 1.807) is 6.92 Å². The third kappa shape index (κ3) is 5.76. The Kier molecular flexibility index (Phi) is 6.40. The second-order valence-corrected chi connectivity index (χ2v) is 7.26. The molecule has 2 aromatic rings. The molecule has 0 saturated carbocycles. The number of aromatic nitrogens is 2. The zero-order valence-electron chi connectivity index (χ0n) is 16.5. The predicted octanol–water partition coefficient (Wildman–Crippen LogP) is 2.09. The quantitative estimate of drug-likeness (QED) is 0.847. The van der Waals surface area contributed by atoms with Gasteiger partial charge < -0.3 is 10.2 Å². The lowest BCUT2D eigenvalue weighted by molar-refractivity contribution is -0.118. The molecular formula is C21H29N5O. The second-order valence-electron chi connectivity index (χ2n) is 7.26. The van der Waals surface area contributed by atoms with Crippen LogP contribution in [-0.4, -0.2) is 53.5 Å². The smallest absolute Gasteiger partial charge is 0.225 e. The number of amides is 1. The molecule has 144 valence electrons. The zero-order chi connectivity index (χ0) is 19.2. The summed E-state index contributed by atoms with van der Waals surface area (Å²) in [4.78, 5) is 24.8. The van der Waals surface area contributed by atoms with Crippen molar-refractivity contribution < 1.29 is 4.79 Å². The Labute approximate surface area is 161 Å². The van der Waals surface area contributed by atoms with E-state index in [0.717, 1.165) is 56.5 Å². The van der Waals surface area contributed by atoms with Gasteiger partial charge in [0.1, 0.15) is 0 Å². The van der Waals surface area contributed by atoms with E-state index in [-0.39, 0.29) is 5.91 Å². The fraction of sp³-hybridized carbons (Fsp3) is 0.476. The minimum atomic E-state index is 0.0250. The lowest BCUT2D eigenvalue weighted by Crippen LogP contribution is -2.46. The lowest BCUT2D eigenvalue weighted by atomic mass is 10.1. The molecule has 1 amide bonds. The van der Waals surface area contributed by atoms with Crippen LogP contribution in [0.4, 0.5) is 5.95 Å². The summed E-state index contributed by atoms with van der Waals surface area (Å²) in [6.07, 6.45) is 0.869. The van der Waals surface area contributed by atoms with Crippen molar-refractivity contribution in [2.75, 3.05) is 37.6 Å². The number of hydrogen-bond donors (Lipinski definition) is 1. The Morgan fingerprint density at radius 1 is 1.00 bits per heavy atom. The molecule has 0 atom stereocenters. The van der Waals surface area contributed by atoms with Crippen LogP contribution in [0.15, 0.2) is 30.3 Å². The average molecular weight is 367 g/mol. The summed E-state index contributed by atoms with van der Waals surface area (Å²) >= 11 is 0. The molecule has 1 aliphatic rings. The van der Waals surface area contributed by atoms with Crippen LogP contribution >= 0.6 is 0 Å². The highest BCUT2D eigenvalue weighted by Gasteiger charge is 2.19. The highest BCUT2D eigenvalue weighted by atomic mass is 16.1. The number of rotatable bonds is 6. The van der Waals surface area contributed by atoms with Crippen molar-refractivity contribution in [3.05, 3.63) is 52.8 Å². The summed E-state index contributed by atoms with van der Waals surface area (Å²) in [5.41, 5.74) is 4.63. The molecule has 1 aromatic carbocycles. The van der Waals surface area contributed by atoms with Crippen LogP contribution in [0.3, 0.4) is 0 Å². The minimum absolute atomic E-state index is 0.0250. The normalized spacial score (nSPS) is 15.0. The summed E-state index contributed by atoms with van der Waals surface area (Å²) in [6.45, 7) is 11.2. The van der Waals surface area contributed by atoms with Gasteiger partial charge in [-0.05, 0) is 37.5 Å². The van der Waals surface area contributed by atoms with Crippen LogP contribution in [-0.2, 0) is 17.8 Å². The van der Waals surface area contributed by atoms with Crippen LogP contribution in [0, 0.1) is 13.8 Å². The molecule has 27 heavy (non-hydrogen) atoms. The van der Waals surface area contributed by atoms with Crippen LogP contribution in [0.1, 0.15) is 29.4 Å². The van der Waals surface area contributed by atoms with Crippen molar-refractivity contribution in [3.8, 4) is 0 Å². The number of hydrogen-bond acceptors (Lipinski definition) is 5. The summed E-state index contributed by atoms with van der Waals surface area (Å²) in [5.74, 6) is 0.882. The first-order valence-corrected chi connectivity index (χ1v) is 9.61. The Bertz CT molecular complexity index is 746. The first-order valence-electron chi connectivity index (χ1n) is 9.61. The van der Waals surface area contributed by atoms with E-state index in [0.29, 0.717) is 6.54 Å². The number of aryl methyl sites for hydroxylation is 2. The van der Waals surface area contributed by atoms with Crippen molar-refractivity contribution in [3.63, 3.8) is 0 Å². The second kappa shape index (κ2) is 8.95. The number of nitrogens with zero attached hydrogens (tertiary/aromatic N) is 4. The minimum Gasteiger partial charge on any atom is -0.356 e. The zero-order valence-corrected chi connectivity index (χ0v) is 16.5. The van der Waals surface area contributed by atoms with Gasteiger partial charge in [0.2, 0.25) is 11.9 Å². The molecular weight excluding hydrogens is 338 g/mol. The van der Waals surface area contributed by atoms with Crippen LogP contribution in [0.2, 0.25) is 0 Å². The number of nitrogens with one attached hydrogen (secondary N) is 1. The van der Waals surface area contributed by atoms with Gasteiger partial charge in [0.05, 0.1) is 0 Å². The average Bonchev–Trinajstić information content (AvgIpc) is 2.63. The molecule has 0 bridgehead atoms. The molecule has 6 nitrogen and oxygen atoms in total. The van der Waals surface area contributed by atoms with Gasteiger partial charge in [0, 0.05) is 57.6 Å². The predicted molar refractivity (Wildman–Crippen MR) is 108 cm³/mol. The van der Waals surface area contributed by atoms with Gasteiger partial charge in [-0.1, -0.05) is 24.3 Å². The van der Waals surface area contributed by atoms with Gasteiger partial charge in [-0.3, -0.25) is 9.69 Å². The van der Waals surface area contributed by atoms with E-state index in [9.17, 15) is 4.79 Å². The van der Waals surface area contributed by atoms with E-state index in [1.807, 2.05) is 19.9 Å². The molecule has 1 aliphatic heterocycles. The summed E-state index contributed by atoms with van der Waals surface area (Å²) in [6, 6.07) is 10.7. The van der Waals surface area contributed by atoms with Crippen molar-refractivity contribution in [2.45, 2.75) is 33.7 Å². The topological polar surface area (TPSA) is 61.4 Å². The van der Waals surface area contributed by atoms with E-state index < -0.39 is 0 Å². The van der Waals surface area contributed by atoms with Crippen LogP contribution < -0.4 is 10.2 Å². The molecule has 0 unspecified atom stereocenters. The standard InChI is InChI=1S/C21H29N5O/c1-16-14-17(2)24-21(23-16)26-12-10-25(11-13-26)15-20-6-4-19(5-7-20)8-9-22-18(3)27/h4-7,14H,8-13,15H2,1-3H3,(H,22,27). The fourth-order valence-electron chi connectivity index (χ4n) is 3.41. The van der Waals surface area contributed by atoms with E-state index in [4.69, 9.17) is 0 Å². The maximum absolute atomic E-state index is 10.9. The van der Waals surface area contributed by atoms with Crippen molar-refractivity contribution >= 4 is 11.9 Å². The number of piperazine rings is 1. The van der Waals surface area contributed by atoms with Crippen molar-refractivity contribution in [1.29, 1.82) is 0 Å². The lowest BCUT2D eigenvalue weighted by Gasteiger charge is -2.35. The molecule has 0 spiro atoms. The first kappa shape index (κ1) is 19.3. The molecule has 2 heterocycles. The first-order chi connectivity index (χ1) is 13.0. The maximum Gasteiger partial charge on any atom is 0.225 e. The third-order valence-electron chi connectivity index (χ3n) is 4.84. The van der Waals surface area contributed by atoms with Crippen LogP contribution in [0.25, 0.3) is 0 Å². The van der Waals surface area contributed by atoms with Gasteiger partial charge in [0.15, 0.2) is 0 Å². The highest BCUT2D eigenvalue weighted by molar-refractivity contribution is 5.72. The third-order valence-corrected chi connectivity index (χ3v) is 4.84. The molecule has 1 aromatic heterocycles. The Morgan fingerprint density at radius 2 is 1.59 bits per heavy atom. The number of carbonyl (C=O) groups excluding carboxylic acids is 1. The molecule has 0 aliphatic carbocycles. The molecule has 1 N–H and O–H groups in total. The number of anilines is 1. The van der Waals surface area contributed by atoms with Gasteiger partial charge in [-0.25, -0.2) is 9.97 Å². The fourth-order valence-corrected chi connectivity index (χ4v) is 3.41. The van der Waals surface area contributed by atoms with Crippen molar-refractivity contribution in [2.24, 2.45) is 0 Å². The number of carbonyl (C=O) groups is 1. The largest absolute Gasteiger partial charge is 0.356 e. The highest BCUT2D eigenvalue weighted by Crippen LogP contribution is 2.15. The molecule has 1 saturated heterocycles. The van der Waals surface area contributed by atoms with E-state index in [1.165, 1.54) is 11.1 Å². The van der Waals surface area contributed by atoms with Gasteiger partial charge in [-0.2, -0.15) is 0 Å². The molecule has 0 radical (unpaired) electrons. The van der Waals surface area contributed by atoms with E-state index in [2.05, 4.69) is 49.4 Å². The van der Waals surface area contributed by atoms with Crippen molar-refractivity contribution in [1.82, 2.24) is 20.2 Å². The molecule has 6 heteroatoms. The molecule has 3 rings (SSSR count). The van der Waals surface area contributed by atoms with Crippen LogP contribution in [0.5, 0.6) is 0 Å². The molecule has 1 fully saturated rings. The van der Waals surface area contributed by atoms with Gasteiger partial charge in [-0.15, -0.1) is 0 Å². The maximum atomic E-state index is 10.9. The Balaban J connectivity index is 1.48.